The molecule has 0 aliphatic rings. The second kappa shape index (κ2) is 11.3. The molecule has 4 rings (SSSR count). The molecule has 0 aliphatic carbocycles. The summed E-state index contributed by atoms with van der Waals surface area (Å²) in [6.45, 7) is 0. The number of nitrogens with two attached hydrogens (primary N) is 1. The highest BCUT2D eigenvalue weighted by atomic mass is 35.5. The molecule has 2 aromatic carbocycles. The van der Waals surface area contributed by atoms with Crippen molar-refractivity contribution >= 4 is 23.3 Å². The van der Waals surface area contributed by atoms with Crippen LogP contribution in [0, 0.1) is 23.0 Å². The predicted octanol–water partition coefficient (Wildman–Crippen LogP) is 4.01. The van der Waals surface area contributed by atoms with Crippen LogP contribution < -0.4 is 16.0 Å². The number of hydrogen-bond acceptors (Lipinski definition) is 7. The third kappa shape index (κ3) is 5.71. The SMILES string of the molecule is COc1cn(C(Cc2cnco2)C(=O)Cc2cc(F)c(C(N)=O)c(F)c2)c(=O)cc1-c1cc(Cl)ccc1C#N. The average Bonchev–Trinajstić information content (AvgIpc) is 3.40. The van der Waals surface area contributed by atoms with Gasteiger partial charge in [0.2, 0.25) is 0 Å². The van der Waals surface area contributed by atoms with E-state index < -0.39 is 46.9 Å². The largest absolute Gasteiger partial charge is 0.495 e. The number of methoxy groups -OCH3 is 1. The Morgan fingerprint density at radius 2 is 1.92 bits per heavy atom. The van der Waals surface area contributed by atoms with Crippen LogP contribution in [0.25, 0.3) is 11.1 Å². The number of primary amides is 1. The lowest BCUT2D eigenvalue weighted by Gasteiger charge is -2.20. The van der Waals surface area contributed by atoms with Crippen LogP contribution in [0.15, 0.2) is 64.4 Å². The van der Waals surface area contributed by atoms with Crippen molar-refractivity contribution in [2.75, 3.05) is 7.11 Å². The Morgan fingerprint density at radius 3 is 2.51 bits per heavy atom. The van der Waals surface area contributed by atoms with Gasteiger partial charge in [-0.15, -0.1) is 0 Å². The predicted molar refractivity (Wildman–Crippen MR) is 135 cm³/mol. The molecule has 4 aromatic rings. The van der Waals surface area contributed by atoms with Crippen LogP contribution in [0.3, 0.4) is 0 Å². The number of pyridine rings is 1. The molecule has 0 fully saturated rings. The van der Waals surface area contributed by atoms with Gasteiger partial charge in [-0.05, 0) is 35.9 Å². The summed E-state index contributed by atoms with van der Waals surface area (Å²) in [5, 5.41) is 9.86. The molecule has 12 heteroatoms. The van der Waals surface area contributed by atoms with E-state index >= 15 is 0 Å². The van der Waals surface area contributed by atoms with E-state index in [1.165, 1.54) is 43.8 Å². The maximum Gasteiger partial charge on any atom is 0.254 e. The number of carbonyl (C=O) groups excluding carboxylic acids is 2. The molecule has 0 saturated carbocycles. The number of hydrogen-bond donors (Lipinski definition) is 1. The number of halogens is 3. The fourth-order valence-corrected chi connectivity index (χ4v) is 4.34. The summed E-state index contributed by atoms with van der Waals surface area (Å²) >= 11 is 6.11. The van der Waals surface area contributed by atoms with Crippen molar-refractivity contribution in [1.82, 2.24) is 9.55 Å². The molecule has 0 saturated heterocycles. The number of benzene rings is 2. The molecule has 0 spiro atoms. The van der Waals surface area contributed by atoms with Crippen LogP contribution in [-0.2, 0) is 17.6 Å². The number of ether oxygens (including phenoxy) is 1. The Labute approximate surface area is 225 Å². The zero-order chi connectivity index (χ0) is 28.3. The standard InChI is InChI=1S/C27H19ClF2N4O5/c1-38-24-12-34(25(36)9-19(24)18-7-16(28)3-2-15(18)10-31)22(8-17-11-33-13-39-17)23(35)6-14-4-20(29)26(27(32)37)21(30)5-14/h2-5,7,9,11-13,22H,6,8H2,1H3,(H2,32,37). The molecular formula is C27H19ClF2N4O5. The summed E-state index contributed by atoms with van der Waals surface area (Å²) in [5.41, 5.74) is 4.26. The van der Waals surface area contributed by atoms with Gasteiger partial charge >= 0.3 is 0 Å². The van der Waals surface area contributed by atoms with Gasteiger partial charge in [0.05, 0.1) is 31.1 Å². The number of rotatable bonds is 9. The van der Waals surface area contributed by atoms with Crippen molar-refractivity contribution in [2.24, 2.45) is 5.73 Å². The third-order valence-electron chi connectivity index (χ3n) is 5.97. The molecule has 9 nitrogen and oxygen atoms in total. The zero-order valence-electron chi connectivity index (χ0n) is 20.3. The molecule has 198 valence electrons. The quantitative estimate of drug-likeness (QED) is 0.330. The second-order valence-electron chi connectivity index (χ2n) is 8.43. The number of Topliss-reactive ketones (excluding diaryl/α,β-unsaturated/α-hetero) is 1. The molecule has 1 amide bonds. The average molecular weight is 553 g/mol. The summed E-state index contributed by atoms with van der Waals surface area (Å²) in [5.74, 6) is -3.89. The number of nitriles is 1. The first-order valence-corrected chi connectivity index (χ1v) is 11.7. The van der Waals surface area contributed by atoms with Gasteiger partial charge in [-0.1, -0.05) is 11.6 Å². The minimum Gasteiger partial charge on any atom is -0.495 e. The molecule has 0 bridgehead atoms. The fourth-order valence-electron chi connectivity index (χ4n) is 4.17. The van der Waals surface area contributed by atoms with E-state index in [4.69, 9.17) is 26.5 Å². The zero-order valence-corrected chi connectivity index (χ0v) is 21.0. The summed E-state index contributed by atoms with van der Waals surface area (Å²) in [4.78, 5) is 42.0. The van der Waals surface area contributed by atoms with Gasteiger partial charge in [-0.3, -0.25) is 14.4 Å². The molecule has 2 N–H and O–H groups in total. The van der Waals surface area contributed by atoms with Crippen LogP contribution in [0.4, 0.5) is 8.78 Å². The van der Waals surface area contributed by atoms with Crippen molar-refractivity contribution < 1.29 is 27.5 Å². The summed E-state index contributed by atoms with van der Waals surface area (Å²) < 4.78 is 40.5. The van der Waals surface area contributed by atoms with Gasteiger partial charge in [0, 0.05) is 35.1 Å². The van der Waals surface area contributed by atoms with Crippen molar-refractivity contribution in [3.63, 3.8) is 0 Å². The molecule has 0 aliphatic heterocycles. The topological polar surface area (TPSA) is 141 Å². The van der Waals surface area contributed by atoms with E-state index in [-0.39, 0.29) is 34.6 Å². The van der Waals surface area contributed by atoms with E-state index in [1.54, 1.807) is 0 Å². The number of oxazole rings is 1. The monoisotopic (exact) mass is 552 g/mol. The lowest BCUT2D eigenvalue weighted by molar-refractivity contribution is -0.121. The first-order valence-electron chi connectivity index (χ1n) is 11.3. The summed E-state index contributed by atoms with van der Waals surface area (Å²) in [6, 6.07) is 8.25. The second-order valence-corrected chi connectivity index (χ2v) is 8.87. The Balaban J connectivity index is 1.79. The van der Waals surface area contributed by atoms with Gasteiger partial charge in [0.25, 0.3) is 11.5 Å². The fraction of sp³-hybridized carbons (Fsp3) is 0.148. The highest BCUT2D eigenvalue weighted by Crippen LogP contribution is 2.33. The van der Waals surface area contributed by atoms with Gasteiger partial charge in [0.15, 0.2) is 12.2 Å². The third-order valence-corrected chi connectivity index (χ3v) is 6.20. The highest BCUT2D eigenvalue weighted by molar-refractivity contribution is 6.31. The van der Waals surface area contributed by atoms with Gasteiger partial charge in [-0.2, -0.15) is 5.26 Å². The van der Waals surface area contributed by atoms with Crippen LogP contribution in [0.5, 0.6) is 5.75 Å². The van der Waals surface area contributed by atoms with E-state index in [2.05, 4.69) is 4.98 Å². The Bertz CT molecular complexity index is 1660. The molecule has 0 radical (unpaired) electrons. The number of amides is 1. The minimum absolute atomic E-state index is 0.0724. The maximum atomic E-state index is 14.3. The van der Waals surface area contributed by atoms with Gasteiger partial charge in [0.1, 0.15) is 34.7 Å². The normalized spacial score (nSPS) is 11.6. The first-order chi connectivity index (χ1) is 18.6. The van der Waals surface area contributed by atoms with Gasteiger partial charge in [-0.25, -0.2) is 13.8 Å². The lowest BCUT2D eigenvalue weighted by Crippen LogP contribution is -2.32. The molecule has 1 unspecified atom stereocenters. The smallest absolute Gasteiger partial charge is 0.254 e. The van der Waals surface area contributed by atoms with Crippen molar-refractivity contribution in [2.45, 2.75) is 18.9 Å². The van der Waals surface area contributed by atoms with Crippen LogP contribution in [-0.4, -0.2) is 28.4 Å². The van der Waals surface area contributed by atoms with Gasteiger partial charge < -0.3 is 19.5 Å². The maximum absolute atomic E-state index is 14.3. The van der Waals surface area contributed by atoms with E-state index in [0.717, 1.165) is 23.1 Å². The molecular weight excluding hydrogens is 534 g/mol. The molecule has 2 heterocycles. The molecule has 1 atom stereocenters. The van der Waals surface area contributed by atoms with Crippen molar-refractivity contribution in [1.29, 1.82) is 5.26 Å². The Kier molecular flexibility index (Phi) is 7.88. The number of aromatic nitrogens is 2. The Hall–Kier alpha value is -4.82. The number of carbonyl (C=O) groups is 2. The van der Waals surface area contributed by atoms with Crippen molar-refractivity contribution in [3.8, 4) is 22.9 Å². The minimum atomic E-state index is -1.29. The van der Waals surface area contributed by atoms with Crippen LogP contribution in [0.1, 0.15) is 33.3 Å². The van der Waals surface area contributed by atoms with E-state index in [1.807, 2.05) is 6.07 Å². The first kappa shape index (κ1) is 27.2. The molecule has 39 heavy (non-hydrogen) atoms. The highest BCUT2D eigenvalue weighted by Gasteiger charge is 2.27. The summed E-state index contributed by atoms with van der Waals surface area (Å²) in [7, 11) is 1.35. The Morgan fingerprint density at radius 1 is 1.21 bits per heavy atom. The van der Waals surface area contributed by atoms with E-state index in [0.29, 0.717) is 10.6 Å². The summed E-state index contributed by atoms with van der Waals surface area (Å²) in [6.07, 6.45) is 3.21. The lowest BCUT2D eigenvalue weighted by atomic mass is 9.97. The van der Waals surface area contributed by atoms with Crippen molar-refractivity contribution in [3.05, 3.63) is 105 Å². The van der Waals surface area contributed by atoms with Crippen LogP contribution in [0.2, 0.25) is 5.02 Å². The molecule has 2 aromatic heterocycles. The van der Waals surface area contributed by atoms with Crippen LogP contribution >= 0.6 is 11.6 Å². The number of nitrogens with zero attached hydrogens (tertiary/aromatic N) is 3. The van der Waals surface area contributed by atoms with E-state index in [9.17, 15) is 28.4 Å². The number of ketones is 1.